The van der Waals surface area contributed by atoms with E-state index in [2.05, 4.69) is 14.9 Å². The molecule has 0 amide bonds. The summed E-state index contributed by atoms with van der Waals surface area (Å²) in [6, 6.07) is 11.8. The summed E-state index contributed by atoms with van der Waals surface area (Å²) < 4.78 is 0.791. The van der Waals surface area contributed by atoms with Crippen molar-refractivity contribution in [1.82, 2.24) is 9.97 Å². The molecule has 3 rings (SSSR count). The third-order valence-corrected chi connectivity index (χ3v) is 4.32. The molecule has 0 fully saturated rings. The van der Waals surface area contributed by atoms with Gasteiger partial charge in [0, 0.05) is 17.3 Å². The molecule has 0 spiro atoms. The molecule has 0 N–H and O–H groups in total. The standard InChI is InChI=1S/C14H11Cl2N3S/c1-19(8-9-6-7-12(15)20-9)13-10-4-2-3-5-11(10)17-14(16)18-13/h2-7H,8H2,1H3. The number of nitrogens with zero attached hydrogens (tertiary/aromatic N) is 3. The summed E-state index contributed by atoms with van der Waals surface area (Å²) in [5.74, 6) is 0.824. The Bertz CT molecular complexity index is 757. The Balaban J connectivity index is 2.00. The van der Waals surface area contributed by atoms with Crippen LogP contribution in [0.4, 0.5) is 5.82 Å². The first-order valence-corrected chi connectivity index (χ1v) is 7.58. The van der Waals surface area contributed by atoms with Gasteiger partial charge in [-0.1, -0.05) is 23.7 Å². The van der Waals surface area contributed by atoms with Gasteiger partial charge in [0.1, 0.15) is 5.82 Å². The Morgan fingerprint density at radius 1 is 1.10 bits per heavy atom. The molecule has 102 valence electrons. The molecule has 3 nitrogen and oxygen atoms in total. The predicted octanol–water partition coefficient (Wildman–Crippen LogP) is 4.63. The van der Waals surface area contributed by atoms with Crippen molar-refractivity contribution in [3.63, 3.8) is 0 Å². The van der Waals surface area contributed by atoms with Gasteiger partial charge < -0.3 is 4.90 Å². The highest BCUT2D eigenvalue weighted by Crippen LogP contribution is 2.28. The SMILES string of the molecule is CN(Cc1ccc(Cl)s1)c1nc(Cl)nc2ccccc12. The highest BCUT2D eigenvalue weighted by atomic mass is 35.5. The van der Waals surface area contributed by atoms with Gasteiger partial charge in [-0.3, -0.25) is 0 Å². The van der Waals surface area contributed by atoms with E-state index in [-0.39, 0.29) is 5.28 Å². The van der Waals surface area contributed by atoms with Gasteiger partial charge in [0.2, 0.25) is 5.28 Å². The summed E-state index contributed by atoms with van der Waals surface area (Å²) in [4.78, 5) is 11.8. The van der Waals surface area contributed by atoms with Gasteiger partial charge >= 0.3 is 0 Å². The molecule has 0 aliphatic carbocycles. The van der Waals surface area contributed by atoms with Crippen LogP contribution in [-0.4, -0.2) is 17.0 Å². The van der Waals surface area contributed by atoms with Gasteiger partial charge in [0.15, 0.2) is 0 Å². The molecule has 3 aromatic rings. The molecule has 0 radical (unpaired) electrons. The maximum absolute atomic E-state index is 6.01. The smallest absolute Gasteiger partial charge is 0.224 e. The summed E-state index contributed by atoms with van der Waals surface area (Å²) >= 11 is 13.5. The normalized spacial score (nSPS) is 10.9. The lowest BCUT2D eigenvalue weighted by molar-refractivity contribution is 0.915. The summed E-state index contributed by atoms with van der Waals surface area (Å²) in [6.45, 7) is 0.731. The van der Waals surface area contributed by atoms with Gasteiger partial charge in [0.25, 0.3) is 0 Å². The van der Waals surface area contributed by atoms with E-state index in [4.69, 9.17) is 23.2 Å². The zero-order valence-electron chi connectivity index (χ0n) is 10.7. The molecule has 0 atom stereocenters. The number of thiophene rings is 1. The summed E-state index contributed by atoms with van der Waals surface area (Å²) in [7, 11) is 1.98. The lowest BCUT2D eigenvalue weighted by Gasteiger charge is -2.19. The van der Waals surface area contributed by atoms with Crippen LogP contribution in [-0.2, 0) is 6.54 Å². The Kier molecular flexibility index (Phi) is 3.78. The van der Waals surface area contributed by atoms with Crippen LogP contribution in [0.3, 0.4) is 0 Å². The number of hydrogen-bond donors (Lipinski definition) is 0. The zero-order valence-corrected chi connectivity index (χ0v) is 13.0. The van der Waals surface area contributed by atoms with E-state index in [1.807, 2.05) is 43.4 Å². The fourth-order valence-corrected chi connectivity index (χ4v) is 3.38. The van der Waals surface area contributed by atoms with Gasteiger partial charge in [-0.15, -0.1) is 11.3 Å². The second-order valence-electron chi connectivity index (χ2n) is 4.40. The molecule has 1 aromatic carbocycles. The van der Waals surface area contributed by atoms with Gasteiger partial charge in [0.05, 0.1) is 16.4 Å². The Hall–Kier alpha value is -1.36. The van der Waals surface area contributed by atoms with Gasteiger partial charge in [-0.2, -0.15) is 4.98 Å². The minimum atomic E-state index is 0.259. The number of benzene rings is 1. The number of rotatable bonds is 3. The second-order valence-corrected chi connectivity index (χ2v) is 6.53. The van der Waals surface area contributed by atoms with E-state index in [9.17, 15) is 0 Å². The van der Waals surface area contributed by atoms with E-state index in [0.29, 0.717) is 0 Å². The van der Waals surface area contributed by atoms with Crippen molar-refractivity contribution in [3.05, 3.63) is 50.9 Å². The van der Waals surface area contributed by atoms with Crippen molar-refractivity contribution in [1.29, 1.82) is 0 Å². The Morgan fingerprint density at radius 2 is 1.90 bits per heavy atom. The summed E-state index contributed by atoms with van der Waals surface area (Å²) in [6.07, 6.45) is 0. The Morgan fingerprint density at radius 3 is 2.65 bits per heavy atom. The molecule has 0 aliphatic heterocycles. The monoisotopic (exact) mass is 323 g/mol. The van der Waals surface area contributed by atoms with Crippen LogP contribution in [0.25, 0.3) is 10.9 Å². The average Bonchev–Trinajstić information content (AvgIpc) is 2.83. The molecular formula is C14H11Cl2N3S. The molecule has 0 bridgehead atoms. The molecule has 0 unspecified atom stereocenters. The number of hydrogen-bond acceptors (Lipinski definition) is 4. The van der Waals surface area contributed by atoms with Crippen molar-refractivity contribution < 1.29 is 0 Å². The molecule has 6 heteroatoms. The van der Waals surface area contributed by atoms with Gasteiger partial charge in [-0.05, 0) is 35.9 Å². The van der Waals surface area contributed by atoms with Crippen LogP contribution in [0, 0.1) is 0 Å². The molecule has 20 heavy (non-hydrogen) atoms. The quantitative estimate of drug-likeness (QED) is 0.658. The molecular weight excluding hydrogens is 313 g/mol. The molecule has 0 saturated carbocycles. The third-order valence-electron chi connectivity index (χ3n) is 2.94. The number of anilines is 1. The van der Waals surface area contributed by atoms with E-state index in [0.717, 1.165) is 27.6 Å². The molecule has 2 heterocycles. The first kappa shape index (κ1) is 13.6. The number of halogens is 2. The second kappa shape index (κ2) is 5.56. The van der Waals surface area contributed by atoms with Crippen molar-refractivity contribution >= 4 is 51.3 Å². The largest absolute Gasteiger partial charge is 0.354 e. The Labute approximate surface area is 130 Å². The van der Waals surface area contributed by atoms with Crippen molar-refractivity contribution in [2.24, 2.45) is 0 Å². The van der Waals surface area contributed by atoms with E-state index < -0.39 is 0 Å². The van der Waals surface area contributed by atoms with Crippen LogP contribution >= 0.6 is 34.5 Å². The summed E-state index contributed by atoms with van der Waals surface area (Å²) in [5, 5.41) is 1.25. The maximum atomic E-state index is 6.01. The number of aromatic nitrogens is 2. The topological polar surface area (TPSA) is 29.0 Å². The van der Waals surface area contributed by atoms with Crippen molar-refractivity contribution in [3.8, 4) is 0 Å². The maximum Gasteiger partial charge on any atom is 0.224 e. The fraction of sp³-hybridized carbons (Fsp3) is 0.143. The van der Waals surface area contributed by atoms with Crippen LogP contribution in [0.15, 0.2) is 36.4 Å². The predicted molar refractivity (Wildman–Crippen MR) is 86.0 cm³/mol. The minimum Gasteiger partial charge on any atom is -0.354 e. The molecule has 0 aliphatic rings. The van der Waals surface area contributed by atoms with Crippen molar-refractivity contribution in [2.45, 2.75) is 6.54 Å². The van der Waals surface area contributed by atoms with E-state index in [1.165, 1.54) is 4.88 Å². The molecule has 0 saturated heterocycles. The van der Waals surface area contributed by atoms with Crippen LogP contribution < -0.4 is 4.90 Å². The highest BCUT2D eigenvalue weighted by molar-refractivity contribution is 7.16. The first-order valence-electron chi connectivity index (χ1n) is 6.01. The lowest BCUT2D eigenvalue weighted by atomic mass is 10.2. The molecule has 2 aromatic heterocycles. The van der Waals surface area contributed by atoms with Crippen LogP contribution in [0.1, 0.15) is 4.88 Å². The zero-order chi connectivity index (χ0) is 14.1. The van der Waals surface area contributed by atoms with Crippen LogP contribution in [0.2, 0.25) is 9.62 Å². The summed E-state index contributed by atoms with van der Waals surface area (Å²) in [5.41, 5.74) is 0.846. The van der Waals surface area contributed by atoms with Crippen LogP contribution in [0.5, 0.6) is 0 Å². The van der Waals surface area contributed by atoms with Crippen molar-refractivity contribution in [2.75, 3.05) is 11.9 Å². The fourth-order valence-electron chi connectivity index (χ4n) is 2.07. The lowest BCUT2D eigenvalue weighted by Crippen LogP contribution is -2.17. The third kappa shape index (κ3) is 2.73. The number of fused-ring (bicyclic) bond motifs is 1. The van der Waals surface area contributed by atoms with E-state index in [1.54, 1.807) is 11.3 Å². The first-order chi connectivity index (χ1) is 9.63. The number of para-hydroxylation sites is 1. The minimum absolute atomic E-state index is 0.259. The highest BCUT2D eigenvalue weighted by Gasteiger charge is 2.11. The van der Waals surface area contributed by atoms with E-state index >= 15 is 0 Å². The average molecular weight is 324 g/mol. The van der Waals surface area contributed by atoms with Gasteiger partial charge in [-0.25, -0.2) is 4.98 Å².